The minimum Gasteiger partial charge on any atom is -0.507 e. The highest BCUT2D eigenvalue weighted by Gasteiger charge is 2.48. The number of ether oxygens (including phenoxy) is 1. The van der Waals surface area contributed by atoms with Gasteiger partial charge in [0.1, 0.15) is 10.6 Å². The second-order valence-electron chi connectivity index (χ2n) is 9.31. The molecule has 1 N–H and O–H groups in total. The Morgan fingerprint density at radius 3 is 2.26 bits per heavy atom. The Morgan fingerprint density at radius 1 is 1.06 bits per heavy atom. The SMILES string of the molecule is COC(=O)c1sc(N2C(=O)C(=O)C(=C(O)c3ccccc3)C2c2ccc(C(C)(C)C)cc2)nc1C. The van der Waals surface area contributed by atoms with Gasteiger partial charge in [-0.2, -0.15) is 0 Å². The summed E-state index contributed by atoms with van der Waals surface area (Å²) < 4.78 is 4.83. The molecular weight excluding hydrogens is 464 g/mol. The number of aryl methyl sites for hydroxylation is 1. The van der Waals surface area contributed by atoms with Crippen LogP contribution >= 0.6 is 11.3 Å². The van der Waals surface area contributed by atoms with Gasteiger partial charge in [-0.3, -0.25) is 14.5 Å². The average Bonchev–Trinajstić information content (AvgIpc) is 3.35. The van der Waals surface area contributed by atoms with Gasteiger partial charge >= 0.3 is 11.9 Å². The quantitative estimate of drug-likeness (QED) is 0.235. The first-order chi connectivity index (χ1) is 16.5. The van der Waals surface area contributed by atoms with E-state index in [0.717, 1.165) is 16.9 Å². The van der Waals surface area contributed by atoms with Gasteiger partial charge in [0.2, 0.25) is 0 Å². The summed E-state index contributed by atoms with van der Waals surface area (Å²) in [6.45, 7) is 7.92. The molecule has 35 heavy (non-hydrogen) atoms. The van der Waals surface area contributed by atoms with E-state index in [1.54, 1.807) is 37.3 Å². The van der Waals surface area contributed by atoms with Crippen molar-refractivity contribution in [2.75, 3.05) is 12.0 Å². The highest BCUT2D eigenvalue weighted by Crippen LogP contribution is 2.44. The molecule has 0 spiro atoms. The van der Waals surface area contributed by atoms with Crippen LogP contribution in [0.4, 0.5) is 5.13 Å². The number of aliphatic hydroxyl groups excluding tert-OH is 1. The maximum Gasteiger partial charge on any atom is 0.350 e. The zero-order valence-electron chi connectivity index (χ0n) is 20.2. The molecule has 0 radical (unpaired) electrons. The van der Waals surface area contributed by atoms with Crippen LogP contribution in [0.1, 0.15) is 58.9 Å². The molecule has 2 aromatic carbocycles. The molecule has 1 saturated heterocycles. The van der Waals surface area contributed by atoms with Gasteiger partial charge in [0, 0.05) is 5.56 Å². The molecule has 1 atom stereocenters. The van der Waals surface area contributed by atoms with Crippen LogP contribution in [-0.2, 0) is 19.7 Å². The number of anilines is 1. The van der Waals surface area contributed by atoms with Crippen molar-refractivity contribution in [3.05, 3.63) is 87.4 Å². The summed E-state index contributed by atoms with van der Waals surface area (Å²) >= 11 is 0.974. The fraction of sp³-hybridized carbons (Fsp3) is 0.259. The van der Waals surface area contributed by atoms with Crippen LogP contribution in [0, 0.1) is 6.92 Å². The molecular formula is C27H26N2O5S. The van der Waals surface area contributed by atoms with E-state index in [1.165, 1.54) is 12.0 Å². The highest BCUT2D eigenvalue weighted by molar-refractivity contribution is 7.17. The third-order valence-electron chi connectivity index (χ3n) is 5.95. The van der Waals surface area contributed by atoms with Crippen LogP contribution in [0.25, 0.3) is 5.76 Å². The molecule has 1 amide bonds. The van der Waals surface area contributed by atoms with E-state index >= 15 is 0 Å². The number of aromatic nitrogens is 1. The number of rotatable bonds is 4. The molecule has 0 saturated carbocycles. The van der Waals surface area contributed by atoms with E-state index in [0.29, 0.717) is 16.8 Å². The Hall–Kier alpha value is -3.78. The molecule has 2 heterocycles. The minimum absolute atomic E-state index is 0.0304. The lowest BCUT2D eigenvalue weighted by molar-refractivity contribution is -0.132. The number of Topliss-reactive ketones (excluding diaryl/α,β-unsaturated/α-hetero) is 1. The number of carbonyl (C=O) groups is 3. The van der Waals surface area contributed by atoms with E-state index in [-0.39, 0.29) is 26.8 Å². The number of carbonyl (C=O) groups excluding carboxylic acids is 3. The number of aliphatic hydroxyl groups is 1. The van der Waals surface area contributed by atoms with Gasteiger partial charge in [-0.15, -0.1) is 0 Å². The molecule has 0 aliphatic carbocycles. The molecule has 7 nitrogen and oxygen atoms in total. The molecule has 1 fully saturated rings. The molecule has 3 aromatic rings. The van der Waals surface area contributed by atoms with Crippen molar-refractivity contribution in [2.45, 2.75) is 39.2 Å². The number of hydrogen-bond donors (Lipinski definition) is 1. The lowest BCUT2D eigenvalue weighted by Gasteiger charge is -2.24. The Bertz CT molecular complexity index is 1330. The third-order valence-corrected chi connectivity index (χ3v) is 7.08. The number of hydrogen-bond acceptors (Lipinski definition) is 7. The van der Waals surface area contributed by atoms with Gasteiger partial charge in [-0.1, -0.05) is 86.7 Å². The van der Waals surface area contributed by atoms with Crippen LogP contribution < -0.4 is 4.90 Å². The fourth-order valence-electron chi connectivity index (χ4n) is 4.03. The van der Waals surface area contributed by atoms with Crippen molar-refractivity contribution in [2.24, 2.45) is 0 Å². The zero-order valence-corrected chi connectivity index (χ0v) is 21.0. The maximum absolute atomic E-state index is 13.3. The average molecular weight is 491 g/mol. The van der Waals surface area contributed by atoms with Gasteiger partial charge in [0.15, 0.2) is 5.13 Å². The number of benzene rings is 2. The predicted octanol–water partition coefficient (Wildman–Crippen LogP) is 5.16. The second kappa shape index (κ2) is 9.11. The van der Waals surface area contributed by atoms with Gasteiger partial charge in [-0.25, -0.2) is 9.78 Å². The lowest BCUT2D eigenvalue weighted by atomic mass is 9.85. The molecule has 0 bridgehead atoms. The predicted molar refractivity (Wildman–Crippen MR) is 135 cm³/mol. The molecule has 1 aliphatic heterocycles. The van der Waals surface area contributed by atoms with Crippen molar-refractivity contribution < 1.29 is 24.2 Å². The number of amides is 1. The van der Waals surface area contributed by atoms with Crippen molar-refractivity contribution in [3.63, 3.8) is 0 Å². The van der Waals surface area contributed by atoms with Crippen LogP contribution in [-0.4, -0.2) is 34.9 Å². The number of ketones is 1. The van der Waals surface area contributed by atoms with E-state index in [4.69, 9.17) is 4.74 Å². The van der Waals surface area contributed by atoms with E-state index < -0.39 is 23.7 Å². The summed E-state index contributed by atoms with van der Waals surface area (Å²) in [7, 11) is 1.27. The van der Waals surface area contributed by atoms with E-state index in [2.05, 4.69) is 25.8 Å². The molecule has 4 rings (SSSR count). The van der Waals surface area contributed by atoms with Crippen LogP contribution in [0.3, 0.4) is 0 Å². The Morgan fingerprint density at radius 2 is 1.69 bits per heavy atom. The molecule has 1 aromatic heterocycles. The van der Waals surface area contributed by atoms with E-state index in [9.17, 15) is 19.5 Å². The number of methoxy groups -OCH3 is 1. The van der Waals surface area contributed by atoms with Crippen molar-refractivity contribution in [1.29, 1.82) is 0 Å². The number of thiazole rings is 1. The van der Waals surface area contributed by atoms with Crippen LogP contribution in [0.15, 0.2) is 60.2 Å². The molecule has 8 heteroatoms. The smallest absolute Gasteiger partial charge is 0.350 e. The summed E-state index contributed by atoms with van der Waals surface area (Å²) in [5, 5.41) is 11.3. The summed E-state index contributed by atoms with van der Waals surface area (Å²) in [5.74, 6) is -2.47. The van der Waals surface area contributed by atoms with Gasteiger partial charge < -0.3 is 9.84 Å². The third kappa shape index (κ3) is 4.37. The zero-order chi connectivity index (χ0) is 25.5. The summed E-state index contributed by atoms with van der Waals surface area (Å²) in [6.07, 6.45) is 0. The minimum atomic E-state index is -0.916. The second-order valence-corrected chi connectivity index (χ2v) is 10.3. The Labute approximate surface area is 207 Å². The maximum atomic E-state index is 13.3. The summed E-state index contributed by atoms with van der Waals surface area (Å²) in [4.78, 5) is 44.7. The molecule has 180 valence electrons. The Balaban J connectivity index is 1.93. The van der Waals surface area contributed by atoms with Gasteiger partial charge in [0.05, 0.1) is 24.4 Å². The summed E-state index contributed by atoms with van der Waals surface area (Å²) in [6, 6.07) is 15.3. The standard InChI is InChI=1S/C27H26N2O5S/c1-15-23(25(33)34-5)35-26(28-15)29-20(16-11-13-18(14-12-16)27(2,3)4)19(22(31)24(29)32)21(30)17-9-7-6-8-10-17/h6-14,20,30H,1-5H3. The number of esters is 1. The largest absolute Gasteiger partial charge is 0.507 e. The Kier molecular flexibility index (Phi) is 6.34. The summed E-state index contributed by atoms with van der Waals surface area (Å²) in [5.41, 5.74) is 2.42. The molecule has 1 unspecified atom stereocenters. The topological polar surface area (TPSA) is 96.8 Å². The van der Waals surface area contributed by atoms with E-state index in [1.807, 2.05) is 24.3 Å². The first-order valence-electron chi connectivity index (χ1n) is 11.1. The first kappa shape index (κ1) is 24.3. The lowest BCUT2D eigenvalue weighted by Crippen LogP contribution is -2.29. The first-order valence-corrected chi connectivity index (χ1v) is 11.9. The fourth-order valence-corrected chi connectivity index (χ4v) is 5.04. The van der Waals surface area contributed by atoms with Gasteiger partial charge in [-0.05, 0) is 23.5 Å². The van der Waals surface area contributed by atoms with Crippen LogP contribution in [0.2, 0.25) is 0 Å². The monoisotopic (exact) mass is 490 g/mol. The van der Waals surface area contributed by atoms with Crippen molar-refractivity contribution >= 4 is 39.9 Å². The van der Waals surface area contributed by atoms with Crippen molar-refractivity contribution in [1.82, 2.24) is 4.98 Å². The van der Waals surface area contributed by atoms with Crippen LogP contribution in [0.5, 0.6) is 0 Å². The van der Waals surface area contributed by atoms with Crippen molar-refractivity contribution in [3.8, 4) is 0 Å². The normalized spacial score (nSPS) is 17.6. The van der Waals surface area contributed by atoms with Gasteiger partial charge in [0.25, 0.3) is 5.78 Å². The number of nitrogens with zero attached hydrogens (tertiary/aromatic N) is 2. The molecule has 1 aliphatic rings. The highest BCUT2D eigenvalue weighted by atomic mass is 32.1.